The Labute approximate surface area is 74.2 Å². The largest absolute Gasteiger partial charge is 0.254 e. The van der Waals surface area contributed by atoms with Gasteiger partial charge in [0.2, 0.25) is 0 Å². The summed E-state index contributed by atoms with van der Waals surface area (Å²) in [5.74, 6) is 1.44. The first-order valence-corrected chi connectivity index (χ1v) is 4.64. The number of nitrogens with one attached hydrogen (secondary N) is 1. The molecule has 0 saturated heterocycles. The Morgan fingerprint density at radius 2 is 2.55 bits per heavy atom. The molecule has 0 bridgehead atoms. The minimum Gasteiger partial charge on any atom is -0.254 e. The zero-order valence-electron chi connectivity index (χ0n) is 5.83. The SMILES string of the molecule is ClCC=CCSc1ncn[nH]1. The highest BCUT2D eigenvalue weighted by atomic mass is 35.5. The van der Waals surface area contributed by atoms with Crippen molar-refractivity contribution in [2.24, 2.45) is 0 Å². The summed E-state index contributed by atoms with van der Waals surface area (Å²) in [4.78, 5) is 3.94. The lowest BCUT2D eigenvalue weighted by Crippen LogP contribution is -1.76. The number of hydrogen-bond donors (Lipinski definition) is 1. The van der Waals surface area contributed by atoms with E-state index in [0.717, 1.165) is 10.9 Å². The summed E-state index contributed by atoms with van der Waals surface area (Å²) in [6.07, 6.45) is 5.40. The molecular weight excluding hydrogens is 182 g/mol. The molecule has 60 valence electrons. The highest BCUT2D eigenvalue weighted by Gasteiger charge is 1.91. The van der Waals surface area contributed by atoms with Crippen LogP contribution in [0.3, 0.4) is 0 Å². The van der Waals surface area contributed by atoms with Crippen LogP contribution in [0.2, 0.25) is 0 Å². The molecule has 0 aliphatic carbocycles. The summed E-state index contributed by atoms with van der Waals surface area (Å²) in [6.45, 7) is 0. The second kappa shape index (κ2) is 5.21. The van der Waals surface area contributed by atoms with Crippen molar-refractivity contribution in [3.63, 3.8) is 0 Å². The lowest BCUT2D eigenvalue weighted by Gasteiger charge is -1.87. The molecule has 1 aromatic heterocycles. The molecule has 1 rings (SSSR count). The van der Waals surface area contributed by atoms with Gasteiger partial charge in [-0.3, -0.25) is 5.10 Å². The normalized spacial score (nSPS) is 11.0. The van der Waals surface area contributed by atoms with Crippen LogP contribution >= 0.6 is 23.4 Å². The predicted molar refractivity (Wildman–Crippen MR) is 47.0 cm³/mol. The van der Waals surface area contributed by atoms with Gasteiger partial charge in [0, 0.05) is 11.6 Å². The van der Waals surface area contributed by atoms with Gasteiger partial charge in [0.1, 0.15) is 6.33 Å². The van der Waals surface area contributed by atoms with Crippen molar-refractivity contribution in [3.05, 3.63) is 18.5 Å². The molecule has 0 aliphatic rings. The number of nitrogens with zero attached hydrogens (tertiary/aromatic N) is 2. The smallest absolute Gasteiger partial charge is 0.183 e. The van der Waals surface area contributed by atoms with Crippen LogP contribution in [0.1, 0.15) is 0 Å². The van der Waals surface area contributed by atoms with E-state index in [9.17, 15) is 0 Å². The molecule has 1 aromatic rings. The number of alkyl halides is 1. The lowest BCUT2D eigenvalue weighted by atomic mass is 10.6. The van der Waals surface area contributed by atoms with Crippen LogP contribution < -0.4 is 0 Å². The molecule has 0 spiro atoms. The molecule has 0 atom stereocenters. The van der Waals surface area contributed by atoms with Crippen molar-refractivity contribution in [1.29, 1.82) is 0 Å². The highest BCUT2D eigenvalue weighted by Crippen LogP contribution is 2.09. The fraction of sp³-hybridized carbons (Fsp3) is 0.333. The van der Waals surface area contributed by atoms with Crippen molar-refractivity contribution >= 4 is 23.4 Å². The van der Waals surface area contributed by atoms with E-state index in [1.165, 1.54) is 6.33 Å². The van der Waals surface area contributed by atoms with Crippen LogP contribution in [0.15, 0.2) is 23.6 Å². The number of thioether (sulfide) groups is 1. The topological polar surface area (TPSA) is 41.6 Å². The quantitative estimate of drug-likeness (QED) is 0.445. The van der Waals surface area contributed by atoms with E-state index in [1.54, 1.807) is 11.8 Å². The summed E-state index contributed by atoms with van der Waals surface area (Å²) in [5.41, 5.74) is 0. The Bertz CT molecular complexity index is 210. The Balaban J connectivity index is 2.19. The molecular formula is C6H8ClN3S. The van der Waals surface area contributed by atoms with Gasteiger partial charge in [0.25, 0.3) is 0 Å². The molecule has 0 amide bonds. The van der Waals surface area contributed by atoms with Crippen LogP contribution in [0.5, 0.6) is 0 Å². The summed E-state index contributed by atoms with van der Waals surface area (Å²) < 4.78 is 0. The molecule has 5 heteroatoms. The number of rotatable bonds is 4. The maximum Gasteiger partial charge on any atom is 0.183 e. The van der Waals surface area contributed by atoms with Crippen molar-refractivity contribution in [1.82, 2.24) is 15.2 Å². The maximum absolute atomic E-state index is 5.43. The number of hydrogen-bond acceptors (Lipinski definition) is 3. The Kier molecular flexibility index (Phi) is 4.08. The second-order valence-corrected chi connectivity index (χ2v) is 3.04. The third kappa shape index (κ3) is 3.43. The Morgan fingerprint density at radius 1 is 1.64 bits per heavy atom. The van der Waals surface area contributed by atoms with Crippen molar-refractivity contribution in [3.8, 4) is 0 Å². The first-order valence-electron chi connectivity index (χ1n) is 3.12. The van der Waals surface area contributed by atoms with E-state index in [-0.39, 0.29) is 0 Å². The third-order valence-electron chi connectivity index (χ3n) is 0.965. The minimum absolute atomic E-state index is 0.566. The van der Waals surface area contributed by atoms with Gasteiger partial charge in [-0.05, 0) is 0 Å². The molecule has 0 aromatic carbocycles. The fourth-order valence-corrected chi connectivity index (χ4v) is 1.28. The first-order chi connectivity index (χ1) is 5.43. The van der Waals surface area contributed by atoms with Crippen molar-refractivity contribution in [2.45, 2.75) is 5.16 Å². The van der Waals surface area contributed by atoms with Gasteiger partial charge in [-0.1, -0.05) is 23.9 Å². The third-order valence-corrected chi connectivity index (χ3v) is 1.97. The van der Waals surface area contributed by atoms with E-state index in [2.05, 4.69) is 15.2 Å². The predicted octanol–water partition coefficient (Wildman–Crippen LogP) is 1.69. The molecule has 0 saturated carbocycles. The molecule has 1 heterocycles. The number of aromatic amines is 1. The Morgan fingerprint density at radius 3 is 3.18 bits per heavy atom. The van der Waals surface area contributed by atoms with E-state index >= 15 is 0 Å². The summed E-state index contributed by atoms with van der Waals surface area (Å²) in [6, 6.07) is 0. The van der Waals surface area contributed by atoms with Crippen LogP contribution in [0, 0.1) is 0 Å². The summed E-state index contributed by atoms with van der Waals surface area (Å²) in [5, 5.41) is 7.30. The van der Waals surface area contributed by atoms with E-state index in [1.807, 2.05) is 12.2 Å². The number of allylic oxidation sites excluding steroid dienone is 1. The highest BCUT2D eigenvalue weighted by molar-refractivity contribution is 7.99. The standard InChI is InChI=1S/C6H8ClN3S/c7-3-1-2-4-11-6-8-5-9-10-6/h1-2,5H,3-4H2,(H,8,9,10). The van der Waals surface area contributed by atoms with Crippen molar-refractivity contribution < 1.29 is 0 Å². The van der Waals surface area contributed by atoms with E-state index < -0.39 is 0 Å². The van der Waals surface area contributed by atoms with E-state index in [4.69, 9.17) is 11.6 Å². The maximum atomic E-state index is 5.43. The lowest BCUT2D eigenvalue weighted by molar-refractivity contribution is 0.975. The van der Waals surface area contributed by atoms with Gasteiger partial charge in [0.15, 0.2) is 5.16 Å². The molecule has 0 aliphatic heterocycles. The Hall–Kier alpha value is -0.480. The average Bonchev–Trinajstić information content (AvgIpc) is 2.50. The van der Waals surface area contributed by atoms with Gasteiger partial charge in [0.05, 0.1) is 0 Å². The van der Waals surface area contributed by atoms with Crippen molar-refractivity contribution in [2.75, 3.05) is 11.6 Å². The van der Waals surface area contributed by atoms with Gasteiger partial charge in [-0.2, -0.15) is 5.10 Å². The molecule has 0 fully saturated rings. The summed E-state index contributed by atoms with van der Waals surface area (Å²) in [7, 11) is 0. The first kappa shape index (κ1) is 8.62. The zero-order valence-corrected chi connectivity index (χ0v) is 7.40. The van der Waals surface area contributed by atoms with E-state index in [0.29, 0.717) is 5.88 Å². The van der Waals surface area contributed by atoms with Crippen LogP contribution in [-0.4, -0.2) is 26.8 Å². The second-order valence-electron chi connectivity index (χ2n) is 1.73. The number of aromatic nitrogens is 3. The molecule has 0 unspecified atom stereocenters. The average molecular weight is 190 g/mol. The fourth-order valence-electron chi connectivity index (χ4n) is 0.522. The van der Waals surface area contributed by atoms with Gasteiger partial charge >= 0.3 is 0 Å². The number of H-pyrrole nitrogens is 1. The number of halogens is 1. The zero-order chi connectivity index (χ0) is 7.94. The van der Waals surface area contributed by atoms with Gasteiger partial charge < -0.3 is 0 Å². The van der Waals surface area contributed by atoms with Gasteiger partial charge in [-0.15, -0.1) is 11.6 Å². The van der Waals surface area contributed by atoms with Crippen LogP contribution in [0.25, 0.3) is 0 Å². The molecule has 3 nitrogen and oxygen atoms in total. The summed E-state index contributed by atoms with van der Waals surface area (Å²) >= 11 is 7.02. The monoisotopic (exact) mass is 189 g/mol. The van der Waals surface area contributed by atoms with Crippen LogP contribution in [-0.2, 0) is 0 Å². The molecule has 0 radical (unpaired) electrons. The van der Waals surface area contributed by atoms with Gasteiger partial charge in [-0.25, -0.2) is 4.98 Å². The minimum atomic E-state index is 0.566. The molecule has 11 heavy (non-hydrogen) atoms. The molecule has 1 N–H and O–H groups in total. The van der Waals surface area contributed by atoms with Crippen LogP contribution in [0.4, 0.5) is 0 Å².